The third-order valence-electron chi connectivity index (χ3n) is 10.4. The van der Waals surface area contributed by atoms with E-state index in [0.717, 1.165) is 26.5 Å². The van der Waals surface area contributed by atoms with Crippen LogP contribution in [0.3, 0.4) is 0 Å². The summed E-state index contributed by atoms with van der Waals surface area (Å²) < 4.78 is -1.10. The van der Waals surface area contributed by atoms with Gasteiger partial charge in [0.25, 0.3) is 0 Å². The summed E-state index contributed by atoms with van der Waals surface area (Å²) >= 11 is 2.73. The summed E-state index contributed by atoms with van der Waals surface area (Å²) in [5.74, 6) is -6.16. The number of primary amides is 1. The van der Waals surface area contributed by atoms with Gasteiger partial charge in [-0.2, -0.15) is 11.8 Å². The first-order valence-electron chi connectivity index (χ1n) is 22.0. The second-order valence-corrected chi connectivity index (χ2v) is 22.2. The molecule has 0 radical (unpaired) electrons. The number of aliphatic imine (C=N–C) groups is 2. The van der Waals surface area contributed by atoms with Gasteiger partial charge in [0.05, 0.1) is 12.4 Å². The van der Waals surface area contributed by atoms with Gasteiger partial charge in [0.2, 0.25) is 53.2 Å². The minimum absolute atomic E-state index is 0.0105. The van der Waals surface area contributed by atoms with Crippen molar-refractivity contribution in [1.29, 1.82) is 0 Å². The van der Waals surface area contributed by atoms with Crippen LogP contribution in [0.25, 0.3) is 0 Å². The van der Waals surface area contributed by atoms with E-state index in [1.165, 1.54) is 42.4 Å². The van der Waals surface area contributed by atoms with Gasteiger partial charge < -0.3 is 70.4 Å². The first-order valence-corrected chi connectivity index (χ1v) is 26.9. The molecule has 0 unspecified atom stereocenters. The first kappa shape index (κ1) is 59.3. The van der Waals surface area contributed by atoms with Gasteiger partial charge >= 0.3 is 0 Å². The molecule has 384 valence electrons. The summed E-state index contributed by atoms with van der Waals surface area (Å²) in [6.45, 7) is 7.88. The molecule has 0 saturated carbocycles. The van der Waals surface area contributed by atoms with Gasteiger partial charge in [-0.3, -0.25) is 53.1 Å². The van der Waals surface area contributed by atoms with Crippen molar-refractivity contribution >= 4 is 110 Å². The molecule has 2 saturated heterocycles. The SMILES string of the molecule is CSCC[C@@H]1NC(=O)[C@@H](NC(C)=O)C(C)(C)SSC[C@@H](C(N)=O)NC(=O)CN(C)C(=O)[C@H](CCCN=C(N)N)NC(=O)[C@H](CC(C)C)NC(=O)[C@H](CCCN=C(N)N)NC(=O)[C@@H]2CSCN2C1=O. The van der Waals surface area contributed by atoms with E-state index >= 15 is 0 Å². The third kappa shape index (κ3) is 20.4. The van der Waals surface area contributed by atoms with Gasteiger partial charge in [-0.05, 0) is 70.3 Å². The predicted octanol–water partition coefficient (Wildman–Crippen LogP) is -3.16. The molecule has 7 atom stereocenters. The summed E-state index contributed by atoms with van der Waals surface area (Å²) in [6.07, 6.45) is 2.57. The first-order chi connectivity index (χ1) is 31.9. The highest BCUT2D eigenvalue weighted by Crippen LogP contribution is 2.39. The van der Waals surface area contributed by atoms with Crippen LogP contribution < -0.4 is 60.6 Å². The van der Waals surface area contributed by atoms with E-state index < -0.39 is 107 Å². The Bertz CT molecular complexity index is 1850. The van der Waals surface area contributed by atoms with Crippen molar-refractivity contribution in [3.05, 3.63) is 0 Å². The normalized spacial score (nSPS) is 25.2. The molecule has 2 aliphatic rings. The largest absolute Gasteiger partial charge is 0.370 e. The fourth-order valence-electron chi connectivity index (χ4n) is 6.93. The molecule has 0 aromatic carbocycles. The highest BCUT2D eigenvalue weighted by Gasteiger charge is 2.43. The van der Waals surface area contributed by atoms with Crippen LogP contribution in [0.2, 0.25) is 0 Å². The Kier molecular flexibility index (Phi) is 25.5. The standard InChI is InChI=1S/C40H71N15O9S4/c1-21(2)16-26-33(60)51-24(11-9-14-47-39(44)45)36(63)54(6)17-29(57)49-27(31(41)58)18-67-68-40(4,5)30(48-22(3)56)35(62)52-25(12-15-65-7)37(64)55-20-66-19-28(55)34(61)50-23(32(59)53-26)10-8-13-46-38(42)43/h21,23-28,30H,8-20H2,1-7H3,(H2,41,58)(H,48,56)(H,49,57)(H,50,61)(H,51,60)(H,52,62)(H,53,59)(H4,42,43,46)(H4,44,45,47)/t23-,24-,25-,26-,27-,28-,30+/m0/s1. The summed E-state index contributed by atoms with van der Waals surface area (Å²) in [5.41, 5.74) is 27.7. The van der Waals surface area contributed by atoms with Gasteiger partial charge in [0.1, 0.15) is 42.3 Å². The number of carbonyl (C=O) groups excluding carboxylic acids is 9. The van der Waals surface area contributed by atoms with E-state index in [9.17, 15) is 43.2 Å². The highest BCUT2D eigenvalue weighted by molar-refractivity contribution is 8.77. The molecule has 0 aromatic rings. The molecule has 16 N–H and O–H groups in total. The predicted molar refractivity (Wildman–Crippen MR) is 268 cm³/mol. The number of hydrogen-bond acceptors (Lipinski definition) is 15. The Morgan fingerprint density at radius 2 is 1.32 bits per heavy atom. The summed E-state index contributed by atoms with van der Waals surface area (Å²) in [4.78, 5) is 134. The Morgan fingerprint density at radius 3 is 1.88 bits per heavy atom. The Morgan fingerprint density at radius 1 is 0.779 bits per heavy atom. The molecule has 2 fully saturated rings. The van der Waals surface area contributed by atoms with Crippen LogP contribution >= 0.6 is 45.1 Å². The van der Waals surface area contributed by atoms with Crippen LogP contribution in [0.4, 0.5) is 0 Å². The monoisotopic (exact) mass is 1030 g/mol. The molecule has 0 spiro atoms. The number of fused-ring (bicyclic) bond motifs is 1. The maximum atomic E-state index is 14.4. The number of amides is 9. The van der Waals surface area contributed by atoms with Crippen LogP contribution in [0, 0.1) is 5.92 Å². The van der Waals surface area contributed by atoms with Crippen LogP contribution in [0.1, 0.15) is 73.1 Å². The summed E-state index contributed by atoms with van der Waals surface area (Å²) in [6, 6.07) is -8.39. The second kappa shape index (κ2) is 29.3. The van der Waals surface area contributed by atoms with Gasteiger partial charge in [-0.15, -0.1) is 11.8 Å². The van der Waals surface area contributed by atoms with Crippen molar-refractivity contribution < 1.29 is 43.2 Å². The molecule has 9 amide bonds. The highest BCUT2D eigenvalue weighted by atomic mass is 33.1. The van der Waals surface area contributed by atoms with E-state index in [-0.39, 0.29) is 86.8 Å². The Hall–Kier alpha value is -4.83. The molecular formula is C40H71N15O9S4. The van der Waals surface area contributed by atoms with E-state index in [4.69, 9.17) is 28.7 Å². The topological polar surface area (TPSA) is 387 Å². The number of thioether (sulfide) groups is 2. The number of likely N-dealkylation sites (N-methyl/N-ethyl adjacent to an activating group) is 1. The van der Waals surface area contributed by atoms with E-state index in [0.29, 0.717) is 5.75 Å². The molecule has 68 heavy (non-hydrogen) atoms. The van der Waals surface area contributed by atoms with E-state index in [1.54, 1.807) is 13.8 Å². The minimum Gasteiger partial charge on any atom is -0.370 e. The lowest BCUT2D eigenvalue weighted by atomic mass is 10.0. The maximum Gasteiger partial charge on any atom is 0.246 e. The zero-order chi connectivity index (χ0) is 51.3. The van der Waals surface area contributed by atoms with Gasteiger partial charge in [0, 0.05) is 43.3 Å². The van der Waals surface area contributed by atoms with Crippen molar-refractivity contribution in [3.8, 4) is 0 Å². The number of hydrogen-bond donors (Lipinski definition) is 11. The Labute approximate surface area is 414 Å². The van der Waals surface area contributed by atoms with Gasteiger partial charge in [-0.1, -0.05) is 35.4 Å². The fraction of sp³-hybridized carbons (Fsp3) is 0.725. The second-order valence-electron chi connectivity index (χ2n) is 17.2. The molecule has 0 aliphatic carbocycles. The van der Waals surface area contributed by atoms with Crippen molar-refractivity contribution in [2.45, 2.75) is 120 Å². The smallest absolute Gasteiger partial charge is 0.246 e. The molecule has 28 heteroatoms. The Balaban J connectivity index is 2.72. The molecule has 24 nitrogen and oxygen atoms in total. The van der Waals surface area contributed by atoms with Crippen molar-refractivity contribution in [3.63, 3.8) is 0 Å². The molecule has 2 rings (SSSR count). The van der Waals surface area contributed by atoms with Crippen LogP contribution in [-0.4, -0.2) is 178 Å². The molecule has 2 aliphatic heterocycles. The molecule has 2 heterocycles. The number of nitrogens with one attached hydrogen (secondary N) is 6. The fourth-order valence-corrected chi connectivity index (χ4v) is 11.4. The van der Waals surface area contributed by atoms with E-state index in [2.05, 4.69) is 41.9 Å². The molecule has 0 bridgehead atoms. The average molecular weight is 1030 g/mol. The third-order valence-corrected chi connectivity index (χ3v) is 15.4. The van der Waals surface area contributed by atoms with Gasteiger partial charge in [0.15, 0.2) is 11.9 Å². The number of nitrogens with two attached hydrogens (primary N) is 5. The van der Waals surface area contributed by atoms with E-state index in [1.807, 2.05) is 20.1 Å². The number of rotatable bonds is 15. The van der Waals surface area contributed by atoms with Crippen molar-refractivity contribution in [1.82, 2.24) is 41.7 Å². The van der Waals surface area contributed by atoms with Crippen LogP contribution in [-0.2, 0) is 43.2 Å². The maximum absolute atomic E-state index is 14.4. The average Bonchev–Trinajstić information content (AvgIpc) is 3.74. The zero-order valence-corrected chi connectivity index (χ0v) is 43.1. The quantitative estimate of drug-likeness (QED) is 0.0334. The van der Waals surface area contributed by atoms with Crippen molar-refractivity contribution in [2.75, 3.05) is 56.1 Å². The summed E-state index contributed by atoms with van der Waals surface area (Å²) in [7, 11) is 3.54. The summed E-state index contributed by atoms with van der Waals surface area (Å²) in [5, 5.41) is 16.3. The lowest BCUT2D eigenvalue weighted by Gasteiger charge is -2.35. The van der Waals surface area contributed by atoms with Crippen molar-refractivity contribution in [2.24, 2.45) is 44.6 Å². The number of nitrogens with zero attached hydrogens (tertiary/aromatic N) is 4. The van der Waals surface area contributed by atoms with Crippen LogP contribution in [0.15, 0.2) is 9.98 Å². The van der Waals surface area contributed by atoms with Gasteiger partial charge in [-0.25, -0.2) is 0 Å². The number of carbonyl (C=O) groups is 9. The van der Waals surface area contributed by atoms with Crippen LogP contribution in [0.5, 0.6) is 0 Å². The minimum atomic E-state index is -1.26. The number of guanidine groups is 2. The zero-order valence-electron chi connectivity index (χ0n) is 39.8. The lowest BCUT2D eigenvalue weighted by molar-refractivity contribution is -0.142. The molecule has 0 aromatic heterocycles. The molecular weight excluding hydrogens is 963 g/mol. The lowest BCUT2D eigenvalue weighted by Crippen LogP contribution is -2.61.